The Balaban J connectivity index is 2.39. The van der Waals surface area contributed by atoms with Gasteiger partial charge in [-0.15, -0.1) is 0 Å². The number of carbonyl (C=O) groups is 2. The van der Waals surface area contributed by atoms with Crippen LogP contribution in [0.15, 0.2) is 24.4 Å². The lowest BCUT2D eigenvalue weighted by Gasteiger charge is -2.11. The van der Waals surface area contributed by atoms with Crippen LogP contribution in [0.3, 0.4) is 0 Å². The van der Waals surface area contributed by atoms with E-state index in [1.54, 1.807) is 19.4 Å². The number of fused-ring (bicyclic) bond motifs is 1. The van der Waals surface area contributed by atoms with Crippen LogP contribution in [0.4, 0.5) is 0 Å². The van der Waals surface area contributed by atoms with Gasteiger partial charge in [0.1, 0.15) is 5.75 Å². The van der Waals surface area contributed by atoms with Crippen LogP contribution in [0.2, 0.25) is 0 Å². The fourth-order valence-corrected chi connectivity index (χ4v) is 2.71. The van der Waals surface area contributed by atoms with Gasteiger partial charge < -0.3 is 20.5 Å². The van der Waals surface area contributed by atoms with Gasteiger partial charge >= 0.3 is 5.97 Å². The Labute approximate surface area is 147 Å². The van der Waals surface area contributed by atoms with E-state index in [4.69, 9.17) is 15.6 Å². The molecule has 0 amide bonds. The Morgan fingerprint density at radius 1 is 1.36 bits per heavy atom. The number of carboxylic acid groups (broad SMARTS) is 1. The number of nitrogens with zero attached hydrogens (tertiary/aromatic N) is 2. The summed E-state index contributed by atoms with van der Waals surface area (Å²) in [6.07, 6.45) is 2.56. The largest absolute Gasteiger partial charge is 0.497 e. The van der Waals surface area contributed by atoms with E-state index >= 15 is 0 Å². The molecule has 136 valence electrons. The predicted molar refractivity (Wildman–Crippen MR) is 96.2 cm³/mol. The van der Waals surface area contributed by atoms with Crippen molar-refractivity contribution in [3.05, 3.63) is 30.0 Å². The maximum absolute atomic E-state index is 12.7. The maximum atomic E-state index is 12.7. The van der Waals surface area contributed by atoms with Gasteiger partial charge in [-0.2, -0.15) is 0 Å². The minimum Gasteiger partial charge on any atom is -0.497 e. The summed E-state index contributed by atoms with van der Waals surface area (Å²) < 4.78 is 6.79. The van der Waals surface area contributed by atoms with E-state index in [1.165, 1.54) is 4.57 Å². The highest BCUT2D eigenvalue weighted by atomic mass is 16.5. The van der Waals surface area contributed by atoms with Crippen molar-refractivity contribution in [2.24, 2.45) is 5.73 Å². The average molecular weight is 347 g/mol. The fourth-order valence-electron chi connectivity index (χ4n) is 2.71. The Kier molecular flexibility index (Phi) is 6.17. The van der Waals surface area contributed by atoms with Crippen molar-refractivity contribution >= 4 is 22.8 Å². The van der Waals surface area contributed by atoms with E-state index in [9.17, 15) is 9.59 Å². The van der Waals surface area contributed by atoms with Crippen LogP contribution in [0.25, 0.3) is 10.9 Å². The molecule has 25 heavy (non-hydrogen) atoms. The van der Waals surface area contributed by atoms with E-state index in [1.807, 2.05) is 26.2 Å². The van der Waals surface area contributed by atoms with Crippen molar-refractivity contribution < 1.29 is 19.4 Å². The van der Waals surface area contributed by atoms with Crippen molar-refractivity contribution in [2.75, 3.05) is 27.7 Å². The van der Waals surface area contributed by atoms with Crippen molar-refractivity contribution in [1.29, 1.82) is 0 Å². The van der Waals surface area contributed by atoms with Crippen LogP contribution in [0.1, 0.15) is 23.2 Å². The predicted octanol–water partition coefficient (Wildman–Crippen LogP) is 1.59. The number of hydrogen-bond acceptors (Lipinski definition) is 5. The summed E-state index contributed by atoms with van der Waals surface area (Å²) in [5, 5.41) is 9.76. The number of carboxylic acids is 1. The highest BCUT2D eigenvalue weighted by Crippen LogP contribution is 2.27. The molecule has 0 aliphatic heterocycles. The second kappa shape index (κ2) is 8.13. The Morgan fingerprint density at radius 3 is 2.68 bits per heavy atom. The lowest BCUT2D eigenvalue weighted by Crippen LogP contribution is -2.34. The lowest BCUT2D eigenvalue weighted by atomic mass is 10.1. The highest BCUT2D eigenvalue weighted by Gasteiger charge is 2.20. The van der Waals surface area contributed by atoms with Gasteiger partial charge in [0.25, 0.3) is 0 Å². The number of rotatable bonds is 8. The van der Waals surface area contributed by atoms with Crippen LogP contribution in [-0.4, -0.2) is 60.2 Å². The number of aromatic nitrogens is 1. The molecule has 1 unspecified atom stereocenters. The van der Waals surface area contributed by atoms with E-state index in [-0.39, 0.29) is 18.7 Å². The number of nitrogens with two attached hydrogens (primary N) is 1. The number of likely N-dealkylation sites (N-methyl/N-ethyl adjacent to an activating group) is 1. The summed E-state index contributed by atoms with van der Waals surface area (Å²) in [4.78, 5) is 25.5. The Bertz CT molecular complexity index is 767. The summed E-state index contributed by atoms with van der Waals surface area (Å²) in [5.74, 6) is -0.623. The van der Waals surface area contributed by atoms with E-state index in [0.29, 0.717) is 5.75 Å². The van der Waals surface area contributed by atoms with Crippen molar-refractivity contribution in [1.82, 2.24) is 9.47 Å². The number of benzene rings is 1. The second-order valence-electron chi connectivity index (χ2n) is 6.34. The molecule has 2 aromatic rings. The zero-order valence-corrected chi connectivity index (χ0v) is 14.9. The molecule has 0 radical (unpaired) electrons. The third-order valence-corrected chi connectivity index (χ3v) is 4.15. The third kappa shape index (κ3) is 4.58. The van der Waals surface area contributed by atoms with Crippen molar-refractivity contribution in [3.63, 3.8) is 0 Å². The zero-order valence-electron chi connectivity index (χ0n) is 14.9. The van der Waals surface area contributed by atoms with Gasteiger partial charge in [0.15, 0.2) is 0 Å². The van der Waals surface area contributed by atoms with Crippen LogP contribution >= 0.6 is 0 Å². The molecule has 0 spiro atoms. The topological polar surface area (TPSA) is 97.8 Å². The fraction of sp³-hybridized carbons (Fsp3) is 0.444. The molecule has 1 heterocycles. The number of ether oxygens (including phenoxy) is 1. The first kappa shape index (κ1) is 19.0. The van der Waals surface area contributed by atoms with Crippen LogP contribution < -0.4 is 10.5 Å². The molecule has 2 rings (SSSR count). The molecule has 0 saturated carbocycles. The van der Waals surface area contributed by atoms with Gasteiger partial charge in [0.2, 0.25) is 5.91 Å². The summed E-state index contributed by atoms with van der Waals surface area (Å²) in [6.45, 7) is 0.852. The standard InChI is InChI=1S/C18H25N3O4/c1-20(2)9-8-12-11-21(18(24)15(19)6-7-17(22)23)16-10-13(25-3)4-5-14(12)16/h4-5,10-11,15H,6-9,19H2,1-3H3,(H,22,23). The monoisotopic (exact) mass is 347 g/mol. The number of methoxy groups -OCH3 is 1. The molecule has 7 nitrogen and oxygen atoms in total. The van der Waals surface area contributed by atoms with Crippen molar-refractivity contribution in [3.8, 4) is 5.75 Å². The number of carbonyl (C=O) groups excluding carboxylic acids is 1. The molecule has 0 bridgehead atoms. The van der Waals surface area contributed by atoms with Crippen LogP contribution in [-0.2, 0) is 11.2 Å². The van der Waals surface area contributed by atoms with Gasteiger partial charge in [-0.25, -0.2) is 0 Å². The minimum absolute atomic E-state index is 0.102. The molecule has 7 heteroatoms. The van der Waals surface area contributed by atoms with Gasteiger partial charge in [-0.1, -0.05) is 0 Å². The summed E-state index contributed by atoms with van der Waals surface area (Å²) in [5.41, 5.74) is 7.69. The molecular formula is C18H25N3O4. The van der Waals surface area contributed by atoms with E-state index in [0.717, 1.165) is 29.4 Å². The number of hydrogen-bond donors (Lipinski definition) is 2. The number of aliphatic carboxylic acids is 1. The molecule has 1 aromatic heterocycles. The summed E-state index contributed by atoms with van der Waals surface area (Å²) in [7, 11) is 5.56. The quantitative estimate of drug-likeness (QED) is 0.752. The maximum Gasteiger partial charge on any atom is 0.303 e. The molecule has 1 atom stereocenters. The molecule has 0 fully saturated rings. The molecule has 0 saturated heterocycles. The Hall–Kier alpha value is -2.38. The van der Waals surface area contributed by atoms with Gasteiger partial charge in [-0.05, 0) is 44.6 Å². The average Bonchev–Trinajstić information content (AvgIpc) is 2.94. The molecule has 3 N–H and O–H groups in total. The lowest BCUT2D eigenvalue weighted by molar-refractivity contribution is -0.137. The molecule has 0 aliphatic carbocycles. The highest BCUT2D eigenvalue weighted by molar-refractivity contribution is 5.97. The van der Waals surface area contributed by atoms with E-state index < -0.39 is 12.0 Å². The van der Waals surface area contributed by atoms with Gasteiger partial charge in [-0.3, -0.25) is 14.2 Å². The smallest absolute Gasteiger partial charge is 0.303 e. The SMILES string of the molecule is COc1ccc2c(CCN(C)C)cn(C(=O)C(N)CCC(=O)O)c2c1. The normalized spacial score (nSPS) is 12.5. The first-order valence-corrected chi connectivity index (χ1v) is 8.17. The minimum atomic E-state index is -0.964. The summed E-state index contributed by atoms with van der Waals surface area (Å²) >= 11 is 0. The summed E-state index contributed by atoms with van der Waals surface area (Å²) in [6, 6.07) is 4.74. The molecular weight excluding hydrogens is 322 g/mol. The Morgan fingerprint density at radius 2 is 2.08 bits per heavy atom. The molecule has 0 aliphatic rings. The molecule has 1 aromatic carbocycles. The first-order chi connectivity index (χ1) is 11.8. The first-order valence-electron chi connectivity index (χ1n) is 8.17. The zero-order chi connectivity index (χ0) is 18.6. The third-order valence-electron chi connectivity index (χ3n) is 4.15. The van der Waals surface area contributed by atoms with Crippen LogP contribution in [0.5, 0.6) is 5.75 Å². The van der Waals surface area contributed by atoms with Gasteiger partial charge in [0.05, 0.1) is 18.7 Å². The second-order valence-corrected chi connectivity index (χ2v) is 6.34. The van der Waals surface area contributed by atoms with E-state index in [2.05, 4.69) is 4.90 Å². The van der Waals surface area contributed by atoms with Crippen LogP contribution in [0, 0.1) is 0 Å². The van der Waals surface area contributed by atoms with Crippen molar-refractivity contribution in [2.45, 2.75) is 25.3 Å². The van der Waals surface area contributed by atoms with Gasteiger partial charge in [0, 0.05) is 30.6 Å².